The van der Waals surface area contributed by atoms with Crippen molar-refractivity contribution in [3.05, 3.63) is 36.2 Å². The summed E-state index contributed by atoms with van der Waals surface area (Å²) in [6.07, 6.45) is 2.19. The Morgan fingerprint density at radius 2 is 1.88 bits per heavy atom. The minimum absolute atomic E-state index is 0.415. The molecule has 0 aliphatic heterocycles. The maximum absolute atomic E-state index is 6.17. The number of aromatic nitrogens is 4. The number of anilines is 1. The standard InChI is InChI=1S/C19H25N7/c1-5-14(20)22-10-19(3,4)26-18-15(17(21)23-11-24-18)16(25-26)13-8-6-12(2)7-9-13/h6-9,11H,5,10H2,1-4H3,(H2,20,22)(H2,21,23,24). The first-order chi connectivity index (χ1) is 12.3. The Labute approximate surface area is 153 Å². The molecule has 2 aromatic heterocycles. The summed E-state index contributed by atoms with van der Waals surface area (Å²) < 4.78 is 1.88. The van der Waals surface area contributed by atoms with Crippen LogP contribution in [0, 0.1) is 6.92 Å². The van der Waals surface area contributed by atoms with Crippen LogP contribution in [-0.4, -0.2) is 32.1 Å². The fraction of sp³-hybridized carbons (Fsp3) is 0.368. The smallest absolute Gasteiger partial charge is 0.164 e. The second-order valence-electron chi connectivity index (χ2n) is 7.06. The van der Waals surface area contributed by atoms with Gasteiger partial charge in [0, 0.05) is 12.0 Å². The van der Waals surface area contributed by atoms with Crippen LogP contribution in [0.15, 0.2) is 35.6 Å². The van der Waals surface area contributed by atoms with Crippen molar-refractivity contribution in [2.24, 2.45) is 10.7 Å². The van der Waals surface area contributed by atoms with E-state index in [2.05, 4.69) is 47.9 Å². The van der Waals surface area contributed by atoms with Crippen molar-refractivity contribution in [3.8, 4) is 11.3 Å². The Hall–Kier alpha value is -2.96. The zero-order valence-electron chi connectivity index (χ0n) is 15.7. The van der Waals surface area contributed by atoms with Gasteiger partial charge in [0.25, 0.3) is 0 Å². The summed E-state index contributed by atoms with van der Waals surface area (Å²) in [5.41, 5.74) is 15.3. The summed E-state index contributed by atoms with van der Waals surface area (Å²) in [5.74, 6) is 1.05. The molecule has 0 bridgehead atoms. The molecular weight excluding hydrogens is 326 g/mol. The highest BCUT2D eigenvalue weighted by Gasteiger charge is 2.27. The number of fused-ring (bicyclic) bond motifs is 1. The number of benzene rings is 1. The van der Waals surface area contributed by atoms with Crippen molar-refractivity contribution in [2.75, 3.05) is 12.3 Å². The van der Waals surface area contributed by atoms with Crippen LogP contribution in [0.4, 0.5) is 5.82 Å². The fourth-order valence-electron chi connectivity index (χ4n) is 2.78. The van der Waals surface area contributed by atoms with Crippen molar-refractivity contribution < 1.29 is 0 Å². The first kappa shape index (κ1) is 17.8. The van der Waals surface area contributed by atoms with Crippen molar-refractivity contribution in [1.29, 1.82) is 0 Å². The third-order valence-corrected chi connectivity index (χ3v) is 4.42. The van der Waals surface area contributed by atoms with E-state index in [4.69, 9.17) is 16.6 Å². The van der Waals surface area contributed by atoms with Crippen LogP contribution >= 0.6 is 0 Å². The van der Waals surface area contributed by atoms with Crippen molar-refractivity contribution in [2.45, 2.75) is 39.7 Å². The van der Waals surface area contributed by atoms with Gasteiger partial charge in [-0.15, -0.1) is 0 Å². The second-order valence-corrected chi connectivity index (χ2v) is 7.06. The number of hydrogen-bond donors (Lipinski definition) is 2. The monoisotopic (exact) mass is 351 g/mol. The topological polar surface area (TPSA) is 108 Å². The quantitative estimate of drug-likeness (QED) is 0.543. The van der Waals surface area contributed by atoms with Crippen molar-refractivity contribution in [3.63, 3.8) is 0 Å². The average molecular weight is 351 g/mol. The van der Waals surface area contributed by atoms with E-state index in [-0.39, 0.29) is 0 Å². The van der Waals surface area contributed by atoms with Crippen LogP contribution in [0.3, 0.4) is 0 Å². The van der Waals surface area contributed by atoms with Gasteiger partial charge in [0.15, 0.2) is 5.65 Å². The number of nitrogens with zero attached hydrogens (tertiary/aromatic N) is 5. The Kier molecular flexibility index (Phi) is 4.63. The number of rotatable bonds is 5. The third-order valence-electron chi connectivity index (χ3n) is 4.42. The molecule has 0 saturated heterocycles. The number of aliphatic imine (C=N–C) groups is 1. The van der Waals surface area contributed by atoms with Crippen molar-refractivity contribution in [1.82, 2.24) is 19.7 Å². The number of hydrogen-bond acceptors (Lipinski definition) is 5. The first-order valence-electron chi connectivity index (χ1n) is 8.69. The van der Waals surface area contributed by atoms with Gasteiger partial charge in [-0.2, -0.15) is 5.10 Å². The average Bonchev–Trinajstić information content (AvgIpc) is 3.02. The number of aryl methyl sites for hydroxylation is 1. The Morgan fingerprint density at radius 1 is 1.19 bits per heavy atom. The maximum Gasteiger partial charge on any atom is 0.164 e. The van der Waals surface area contributed by atoms with Gasteiger partial charge in [-0.3, -0.25) is 4.99 Å². The van der Waals surface area contributed by atoms with E-state index in [0.29, 0.717) is 23.8 Å². The summed E-state index contributed by atoms with van der Waals surface area (Å²) in [7, 11) is 0. The van der Waals surface area contributed by atoms with E-state index in [1.807, 2.05) is 23.7 Å². The predicted octanol–water partition coefficient (Wildman–Crippen LogP) is 2.89. The van der Waals surface area contributed by atoms with E-state index in [0.717, 1.165) is 23.1 Å². The molecule has 7 heteroatoms. The first-order valence-corrected chi connectivity index (χ1v) is 8.69. The number of nitrogen functional groups attached to an aromatic ring is 1. The van der Waals surface area contributed by atoms with Gasteiger partial charge >= 0.3 is 0 Å². The van der Waals surface area contributed by atoms with Gasteiger partial charge in [0.05, 0.1) is 23.3 Å². The van der Waals surface area contributed by atoms with Gasteiger partial charge in [0.2, 0.25) is 0 Å². The Morgan fingerprint density at radius 3 is 2.54 bits per heavy atom. The molecule has 0 radical (unpaired) electrons. The zero-order chi connectivity index (χ0) is 18.9. The van der Waals surface area contributed by atoms with Gasteiger partial charge in [-0.25, -0.2) is 14.6 Å². The van der Waals surface area contributed by atoms with Crippen LogP contribution in [0.25, 0.3) is 22.3 Å². The summed E-state index contributed by atoms with van der Waals surface area (Å²) in [5, 5.41) is 5.61. The molecule has 0 unspecified atom stereocenters. The van der Waals surface area contributed by atoms with Crippen LogP contribution in [0.2, 0.25) is 0 Å². The highest BCUT2D eigenvalue weighted by Crippen LogP contribution is 2.33. The molecule has 1 aromatic carbocycles. The molecule has 3 rings (SSSR count). The molecule has 4 N–H and O–H groups in total. The van der Waals surface area contributed by atoms with Gasteiger partial charge in [-0.1, -0.05) is 36.8 Å². The molecule has 0 spiro atoms. The molecule has 2 heterocycles. The highest BCUT2D eigenvalue weighted by molar-refractivity contribution is 5.98. The van der Waals surface area contributed by atoms with E-state index in [1.165, 1.54) is 11.9 Å². The lowest BCUT2D eigenvalue weighted by atomic mass is 10.1. The largest absolute Gasteiger partial charge is 0.387 e. The zero-order valence-corrected chi connectivity index (χ0v) is 15.7. The fourth-order valence-corrected chi connectivity index (χ4v) is 2.78. The molecule has 26 heavy (non-hydrogen) atoms. The lowest BCUT2D eigenvalue weighted by Crippen LogP contribution is -2.32. The molecule has 0 amide bonds. The molecule has 3 aromatic rings. The lowest BCUT2D eigenvalue weighted by molar-refractivity contribution is 0.341. The predicted molar refractivity (Wildman–Crippen MR) is 106 cm³/mol. The molecule has 0 atom stereocenters. The van der Waals surface area contributed by atoms with Gasteiger partial charge < -0.3 is 11.5 Å². The third kappa shape index (κ3) is 3.24. The van der Waals surface area contributed by atoms with E-state index in [9.17, 15) is 0 Å². The second kappa shape index (κ2) is 6.74. The minimum atomic E-state index is -0.415. The van der Waals surface area contributed by atoms with Crippen LogP contribution < -0.4 is 11.5 Å². The van der Waals surface area contributed by atoms with Crippen LogP contribution in [-0.2, 0) is 5.54 Å². The Balaban J connectivity index is 2.18. The van der Waals surface area contributed by atoms with E-state index in [1.54, 1.807) is 0 Å². The van der Waals surface area contributed by atoms with Crippen molar-refractivity contribution >= 4 is 22.7 Å². The summed E-state index contributed by atoms with van der Waals surface area (Å²) >= 11 is 0. The minimum Gasteiger partial charge on any atom is -0.387 e. The van der Waals surface area contributed by atoms with Crippen LogP contribution in [0.5, 0.6) is 0 Å². The molecule has 0 fully saturated rings. The Bertz CT molecular complexity index is 952. The van der Waals surface area contributed by atoms with E-state index >= 15 is 0 Å². The maximum atomic E-state index is 6.17. The number of amidine groups is 1. The summed E-state index contributed by atoms with van der Waals surface area (Å²) in [4.78, 5) is 13.1. The molecular formula is C19H25N7. The summed E-state index contributed by atoms with van der Waals surface area (Å²) in [6.45, 7) is 8.66. The van der Waals surface area contributed by atoms with Gasteiger partial charge in [0.1, 0.15) is 17.8 Å². The highest BCUT2D eigenvalue weighted by atomic mass is 15.4. The summed E-state index contributed by atoms with van der Waals surface area (Å²) in [6, 6.07) is 8.18. The lowest BCUT2D eigenvalue weighted by Gasteiger charge is -2.24. The van der Waals surface area contributed by atoms with Crippen LogP contribution in [0.1, 0.15) is 32.8 Å². The molecule has 0 saturated carbocycles. The molecule has 0 aliphatic carbocycles. The van der Waals surface area contributed by atoms with Gasteiger partial charge in [-0.05, 0) is 20.8 Å². The number of nitrogens with two attached hydrogens (primary N) is 2. The SMILES string of the molecule is CCC(N)=NCC(C)(C)n1nc(-c2ccc(C)cc2)c2c(N)ncnc21. The molecule has 7 nitrogen and oxygen atoms in total. The molecule has 0 aliphatic rings. The van der Waals surface area contributed by atoms with E-state index < -0.39 is 5.54 Å². The molecule has 136 valence electrons. The normalized spacial score (nSPS) is 12.7.